The van der Waals surface area contributed by atoms with Crippen LogP contribution in [0.4, 0.5) is 0 Å². The first-order chi connectivity index (χ1) is 7.72. The summed E-state index contributed by atoms with van der Waals surface area (Å²) in [5.74, 6) is 0.999. The van der Waals surface area contributed by atoms with Crippen LogP contribution in [-0.4, -0.2) is 36.1 Å². The summed E-state index contributed by atoms with van der Waals surface area (Å²) >= 11 is 0. The van der Waals surface area contributed by atoms with Crippen LogP contribution >= 0.6 is 0 Å². The normalized spacial score (nSPS) is 23.1. The van der Waals surface area contributed by atoms with Crippen LogP contribution in [0.1, 0.15) is 52.9 Å². The molecular formula is C14H28N2. The maximum atomic E-state index is 3.76. The average molecular weight is 224 g/mol. The molecule has 2 nitrogen and oxygen atoms in total. The Kier molecular flexibility index (Phi) is 4.26. The third-order valence-corrected chi connectivity index (χ3v) is 4.09. The first-order valence-corrected chi connectivity index (χ1v) is 7.21. The summed E-state index contributed by atoms with van der Waals surface area (Å²) in [7, 11) is 0. The zero-order valence-electron chi connectivity index (χ0n) is 11.2. The standard InChI is InChI=1S/C14H28N2/c1-4-14(12-5-6-12)15-9-10-16(11(2)3)13-7-8-13/h11-15H,4-10H2,1-3H3. The van der Waals surface area contributed by atoms with Crippen LogP contribution in [0.5, 0.6) is 0 Å². The minimum Gasteiger partial charge on any atom is -0.312 e. The largest absolute Gasteiger partial charge is 0.312 e. The Balaban J connectivity index is 1.64. The van der Waals surface area contributed by atoms with E-state index in [-0.39, 0.29) is 0 Å². The van der Waals surface area contributed by atoms with Gasteiger partial charge in [-0.05, 0) is 51.9 Å². The van der Waals surface area contributed by atoms with E-state index < -0.39 is 0 Å². The molecule has 1 unspecified atom stereocenters. The van der Waals surface area contributed by atoms with Crippen molar-refractivity contribution in [2.75, 3.05) is 13.1 Å². The number of hydrogen-bond acceptors (Lipinski definition) is 2. The Labute approximate surface area is 101 Å². The van der Waals surface area contributed by atoms with Crippen LogP contribution in [0, 0.1) is 5.92 Å². The van der Waals surface area contributed by atoms with Gasteiger partial charge in [0.25, 0.3) is 0 Å². The van der Waals surface area contributed by atoms with E-state index in [0.717, 1.165) is 24.0 Å². The van der Waals surface area contributed by atoms with Crippen molar-refractivity contribution in [3.63, 3.8) is 0 Å². The molecule has 0 spiro atoms. The van der Waals surface area contributed by atoms with Gasteiger partial charge in [0.1, 0.15) is 0 Å². The Morgan fingerprint density at radius 1 is 1.19 bits per heavy atom. The predicted molar refractivity (Wildman–Crippen MR) is 69.7 cm³/mol. The molecule has 2 heteroatoms. The zero-order valence-corrected chi connectivity index (χ0v) is 11.2. The van der Waals surface area contributed by atoms with Crippen LogP contribution in [0.2, 0.25) is 0 Å². The summed E-state index contributed by atoms with van der Waals surface area (Å²) in [5.41, 5.74) is 0. The molecule has 0 aromatic heterocycles. The molecule has 2 aliphatic rings. The Bertz CT molecular complexity index is 205. The van der Waals surface area contributed by atoms with Crippen LogP contribution in [0.25, 0.3) is 0 Å². The van der Waals surface area contributed by atoms with Gasteiger partial charge in [-0.3, -0.25) is 4.90 Å². The van der Waals surface area contributed by atoms with Crippen molar-refractivity contribution in [2.45, 2.75) is 71.0 Å². The second-order valence-corrected chi connectivity index (χ2v) is 5.87. The minimum atomic E-state index is 0.718. The van der Waals surface area contributed by atoms with Gasteiger partial charge in [0.15, 0.2) is 0 Å². The van der Waals surface area contributed by atoms with Gasteiger partial charge in [-0.2, -0.15) is 0 Å². The van der Waals surface area contributed by atoms with Gasteiger partial charge in [0, 0.05) is 31.2 Å². The molecule has 0 amide bonds. The summed E-state index contributed by atoms with van der Waals surface area (Å²) < 4.78 is 0. The first kappa shape index (κ1) is 12.4. The molecular weight excluding hydrogens is 196 g/mol. The lowest BCUT2D eigenvalue weighted by Gasteiger charge is -2.27. The lowest BCUT2D eigenvalue weighted by atomic mass is 10.1. The minimum absolute atomic E-state index is 0.718. The Morgan fingerprint density at radius 3 is 2.31 bits per heavy atom. The highest BCUT2D eigenvalue weighted by Gasteiger charge is 2.32. The SMILES string of the molecule is CCC(NCCN(C(C)C)C1CC1)C1CC1. The number of hydrogen-bond donors (Lipinski definition) is 1. The van der Waals surface area contributed by atoms with Crippen molar-refractivity contribution >= 4 is 0 Å². The monoisotopic (exact) mass is 224 g/mol. The second kappa shape index (κ2) is 5.50. The summed E-state index contributed by atoms with van der Waals surface area (Å²) in [6.07, 6.45) is 7.08. The molecule has 0 aromatic carbocycles. The number of nitrogens with one attached hydrogen (secondary N) is 1. The van der Waals surface area contributed by atoms with E-state index in [1.165, 1.54) is 45.2 Å². The molecule has 1 N–H and O–H groups in total. The maximum Gasteiger partial charge on any atom is 0.0113 e. The molecule has 94 valence electrons. The van der Waals surface area contributed by atoms with E-state index in [1.54, 1.807) is 0 Å². The molecule has 2 saturated carbocycles. The van der Waals surface area contributed by atoms with Crippen molar-refractivity contribution in [3.05, 3.63) is 0 Å². The van der Waals surface area contributed by atoms with Crippen molar-refractivity contribution < 1.29 is 0 Å². The van der Waals surface area contributed by atoms with E-state index in [2.05, 4.69) is 31.0 Å². The quantitative estimate of drug-likeness (QED) is 0.682. The molecule has 0 radical (unpaired) electrons. The highest BCUT2D eigenvalue weighted by atomic mass is 15.2. The van der Waals surface area contributed by atoms with Crippen LogP contribution in [-0.2, 0) is 0 Å². The van der Waals surface area contributed by atoms with Gasteiger partial charge >= 0.3 is 0 Å². The summed E-state index contributed by atoms with van der Waals surface area (Å²) in [6.45, 7) is 9.40. The topological polar surface area (TPSA) is 15.3 Å². The smallest absolute Gasteiger partial charge is 0.0113 e. The fourth-order valence-corrected chi connectivity index (χ4v) is 2.79. The van der Waals surface area contributed by atoms with Gasteiger partial charge in [-0.1, -0.05) is 6.92 Å². The van der Waals surface area contributed by atoms with Crippen molar-refractivity contribution in [3.8, 4) is 0 Å². The first-order valence-electron chi connectivity index (χ1n) is 7.21. The zero-order chi connectivity index (χ0) is 11.5. The maximum absolute atomic E-state index is 3.76. The van der Waals surface area contributed by atoms with Crippen LogP contribution in [0.15, 0.2) is 0 Å². The van der Waals surface area contributed by atoms with Gasteiger partial charge in [0.2, 0.25) is 0 Å². The molecule has 2 rings (SSSR count). The lowest BCUT2D eigenvalue weighted by Crippen LogP contribution is -2.41. The van der Waals surface area contributed by atoms with E-state index in [0.29, 0.717) is 0 Å². The molecule has 0 heterocycles. The summed E-state index contributed by atoms with van der Waals surface area (Å²) in [6, 6.07) is 2.42. The molecule has 2 fully saturated rings. The van der Waals surface area contributed by atoms with Crippen molar-refractivity contribution in [1.82, 2.24) is 10.2 Å². The summed E-state index contributed by atoms with van der Waals surface area (Å²) in [5, 5.41) is 3.76. The molecule has 16 heavy (non-hydrogen) atoms. The fourth-order valence-electron chi connectivity index (χ4n) is 2.79. The average Bonchev–Trinajstić information content (AvgIpc) is 3.10. The Hall–Kier alpha value is -0.0800. The van der Waals surface area contributed by atoms with Gasteiger partial charge in [-0.25, -0.2) is 0 Å². The molecule has 0 bridgehead atoms. The third-order valence-electron chi connectivity index (χ3n) is 4.09. The third kappa shape index (κ3) is 3.46. The molecule has 2 aliphatic carbocycles. The van der Waals surface area contributed by atoms with Gasteiger partial charge in [0.05, 0.1) is 0 Å². The lowest BCUT2D eigenvalue weighted by molar-refractivity contribution is 0.207. The van der Waals surface area contributed by atoms with E-state index >= 15 is 0 Å². The van der Waals surface area contributed by atoms with Crippen molar-refractivity contribution in [1.29, 1.82) is 0 Å². The van der Waals surface area contributed by atoms with Crippen molar-refractivity contribution in [2.24, 2.45) is 5.92 Å². The van der Waals surface area contributed by atoms with Gasteiger partial charge < -0.3 is 5.32 Å². The molecule has 0 aliphatic heterocycles. The van der Waals surface area contributed by atoms with Gasteiger partial charge in [-0.15, -0.1) is 0 Å². The molecule has 0 aromatic rings. The van der Waals surface area contributed by atoms with Crippen LogP contribution < -0.4 is 5.32 Å². The number of nitrogens with zero attached hydrogens (tertiary/aromatic N) is 1. The second-order valence-electron chi connectivity index (χ2n) is 5.87. The van der Waals surface area contributed by atoms with Crippen LogP contribution in [0.3, 0.4) is 0 Å². The van der Waals surface area contributed by atoms with E-state index in [1.807, 2.05) is 0 Å². The highest BCUT2D eigenvalue weighted by Crippen LogP contribution is 2.34. The number of rotatable bonds is 8. The summed E-state index contributed by atoms with van der Waals surface area (Å²) in [4.78, 5) is 2.67. The molecule has 1 atom stereocenters. The van der Waals surface area contributed by atoms with E-state index in [4.69, 9.17) is 0 Å². The highest BCUT2D eigenvalue weighted by molar-refractivity contribution is 4.88. The molecule has 0 saturated heterocycles. The fraction of sp³-hybridized carbons (Fsp3) is 1.00. The predicted octanol–water partition coefficient (Wildman–Crippen LogP) is 2.64. The Morgan fingerprint density at radius 2 is 1.88 bits per heavy atom. The van der Waals surface area contributed by atoms with E-state index in [9.17, 15) is 0 Å².